The van der Waals surface area contributed by atoms with Gasteiger partial charge in [-0.3, -0.25) is 24.7 Å². The molecule has 0 fully saturated rings. The van der Waals surface area contributed by atoms with E-state index < -0.39 is 6.09 Å². The Morgan fingerprint density at radius 3 is 2.59 bits per heavy atom. The smallest absolute Gasteiger partial charge is 0.413 e. The van der Waals surface area contributed by atoms with Crippen LogP contribution in [-0.4, -0.2) is 59.4 Å². The van der Waals surface area contributed by atoms with Crippen molar-refractivity contribution in [2.24, 2.45) is 0 Å². The van der Waals surface area contributed by atoms with E-state index >= 15 is 0 Å². The summed E-state index contributed by atoms with van der Waals surface area (Å²) in [6, 6.07) is 6.92. The van der Waals surface area contributed by atoms with Gasteiger partial charge in [-0.2, -0.15) is 0 Å². The molecule has 2 aliphatic heterocycles. The topological polar surface area (TPSA) is 91.8 Å². The molecule has 1 aromatic heterocycles. The van der Waals surface area contributed by atoms with Crippen molar-refractivity contribution in [2.75, 3.05) is 32.1 Å². The van der Waals surface area contributed by atoms with E-state index in [-0.39, 0.29) is 11.8 Å². The molecule has 0 unspecified atom stereocenters. The van der Waals surface area contributed by atoms with Gasteiger partial charge in [0.1, 0.15) is 0 Å². The molecule has 1 aromatic carbocycles. The van der Waals surface area contributed by atoms with Crippen molar-refractivity contribution in [2.45, 2.75) is 13.0 Å². The molecule has 2 aromatic rings. The maximum absolute atomic E-state index is 12.4. The van der Waals surface area contributed by atoms with E-state index in [0.717, 1.165) is 23.5 Å². The largest absolute Gasteiger partial charge is 0.453 e. The van der Waals surface area contributed by atoms with Crippen molar-refractivity contribution >= 4 is 34.4 Å². The fourth-order valence-corrected chi connectivity index (χ4v) is 4.35. The Hall–Kier alpha value is -2.78. The molecule has 0 spiro atoms. The molecule has 1 N–H and O–H groups in total. The molecule has 3 heterocycles. The summed E-state index contributed by atoms with van der Waals surface area (Å²) in [5.41, 5.74) is 1.93. The van der Waals surface area contributed by atoms with Gasteiger partial charge in [-0.25, -0.2) is 9.78 Å². The molecular formula is C18H18N4O4S. The monoisotopic (exact) mass is 386 g/mol. The first-order chi connectivity index (χ1) is 13.1. The van der Waals surface area contributed by atoms with Crippen LogP contribution in [0.1, 0.15) is 31.3 Å². The van der Waals surface area contributed by atoms with Crippen LogP contribution in [0.3, 0.4) is 0 Å². The molecule has 0 atom stereocenters. The van der Waals surface area contributed by atoms with E-state index in [1.54, 1.807) is 24.3 Å². The molecule has 8 nitrogen and oxygen atoms in total. The van der Waals surface area contributed by atoms with E-state index in [2.05, 4.69) is 19.9 Å². The third-order valence-corrected chi connectivity index (χ3v) is 5.72. The summed E-state index contributed by atoms with van der Waals surface area (Å²) in [6.45, 7) is 2.42. The molecule has 140 valence electrons. The van der Waals surface area contributed by atoms with Crippen molar-refractivity contribution in [1.82, 2.24) is 14.8 Å². The SMILES string of the molecule is COC(=O)Nc1nc2c(s1)CN(CCN1C(=O)c3ccccc3C1=O)CC2. The summed E-state index contributed by atoms with van der Waals surface area (Å²) in [6.07, 6.45) is 0.222. The zero-order valence-corrected chi connectivity index (χ0v) is 15.5. The lowest BCUT2D eigenvalue weighted by atomic mass is 10.1. The van der Waals surface area contributed by atoms with Crippen LogP contribution in [0.2, 0.25) is 0 Å². The maximum atomic E-state index is 12.4. The number of rotatable bonds is 4. The minimum atomic E-state index is -0.538. The van der Waals surface area contributed by atoms with Gasteiger partial charge in [0.15, 0.2) is 5.13 Å². The third kappa shape index (κ3) is 3.31. The van der Waals surface area contributed by atoms with Crippen LogP contribution in [0.5, 0.6) is 0 Å². The molecule has 0 aliphatic carbocycles. The van der Waals surface area contributed by atoms with E-state index in [1.807, 2.05) is 0 Å². The molecule has 3 amide bonds. The summed E-state index contributed by atoms with van der Waals surface area (Å²) >= 11 is 1.42. The number of thiazole rings is 1. The second kappa shape index (κ2) is 7.09. The number of carbonyl (C=O) groups excluding carboxylic acids is 3. The van der Waals surface area contributed by atoms with Gasteiger partial charge in [0.05, 0.1) is 23.9 Å². The Labute approximate surface area is 159 Å². The molecule has 0 bridgehead atoms. The lowest BCUT2D eigenvalue weighted by Gasteiger charge is -2.27. The maximum Gasteiger partial charge on any atom is 0.413 e. The number of carbonyl (C=O) groups is 3. The Morgan fingerprint density at radius 1 is 1.22 bits per heavy atom. The van der Waals surface area contributed by atoms with Crippen molar-refractivity contribution in [3.8, 4) is 0 Å². The molecule has 0 saturated heterocycles. The van der Waals surface area contributed by atoms with Gasteiger partial charge in [0.25, 0.3) is 11.8 Å². The highest BCUT2D eigenvalue weighted by molar-refractivity contribution is 7.15. The van der Waals surface area contributed by atoms with Crippen LogP contribution in [0, 0.1) is 0 Å². The first-order valence-electron chi connectivity index (χ1n) is 8.58. The fraction of sp³-hybridized carbons (Fsp3) is 0.333. The molecule has 0 saturated carbocycles. The normalized spacial score (nSPS) is 16.3. The van der Waals surface area contributed by atoms with E-state index in [1.165, 1.54) is 23.3 Å². The average molecular weight is 386 g/mol. The molecule has 2 aliphatic rings. The lowest BCUT2D eigenvalue weighted by Crippen LogP contribution is -2.40. The second-order valence-corrected chi connectivity index (χ2v) is 7.42. The standard InChI is InChI=1S/C18H18N4O4S/c1-26-18(25)20-17-19-13-6-7-21(10-14(13)27-17)8-9-22-15(23)11-4-2-3-5-12(11)16(22)24/h2-5H,6-10H2,1H3,(H,19,20,25). The molecular weight excluding hydrogens is 368 g/mol. The minimum Gasteiger partial charge on any atom is -0.453 e. The Morgan fingerprint density at radius 2 is 1.93 bits per heavy atom. The van der Waals surface area contributed by atoms with E-state index in [0.29, 0.717) is 35.9 Å². The fourth-order valence-electron chi connectivity index (χ4n) is 3.31. The third-order valence-electron chi connectivity index (χ3n) is 4.72. The number of nitrogens with zero attached hydrogens (tertiary/aromatic N) is 3. The number of aromatic nitrogens is 1. The van der Waals surface area contributed by atoms with E-state index in [4.69, 9.17) is 0 Å². The van der Waals surface area contributed by atoms with Crippen LogP contribution in [0.15, 0.2) is 24.3 Å². The number of methoxy groups -OCH3 is 1. The highest BCUT2D eigenvalue weighted by Crippen LogP contribution is 2.29. The molecule has 4 rings (SSSR count). The van der Waals surface area contributed by atoms with Gasteiger partial charge in [0.2, 0.25) is 0 Å². The zero-order valence-electron chi connectivity index (χ0n) is 14.7. The number of ether oxygens (including phenoxy) is 1. The van der Waals surface area contributed by atoms with Gasteiger partial charge >= 0.3 is 6.09 Å². The van der Waals surface area contributed by atoms with Crippen molar-refractivity contribution in [3.05, 3.63) is 46.0 Å². The zero-order chi connectivity index (χ0) is 19.0. The summed E-state index contributed by atoms with van der Waals surface area (Å²) in [5.74, 6) is -0.452. The average Bonchev–Trinajstić information content (AvgIpc) is 3.18. The van der Waals surface area contributed by atoms with Crippen LogP contribution >= 0.6 is 11.3 Å². The Kier molecular flexibility index (Phi) is 4.63. The molecule has 9 heteroatoms. The number of amides is 3. The van der Waals surface area contributed by atoms with Gasteiger partial charge < -0.3 is 4.74 Å². The number of hydrogen-bond donors (Lipinski definition) is 1. The van der Waals surface area contributed by atoms with Crippen LogP contribution in [-0.2, 0) is 17.7 Å². The summed E-state index contributed by atoms with van der Waals surface area (Å²) < 4.78 is 4.59. The van der Waals surface area contributed by atoms with Gasteiger partial charge in [-0.05, 0) is 12.1 Å². The number of imide groups is 1. The summed E-state index contributed by atoms with van der Waals surface area (Å²) in [4.78, 5) is 45.2. The van der Waals surface area contributed by atoms with Crippen LogP contribution in [0.4, 0.5) is 9.93 Å². The number of hydrogen-bond acceptors (Lipinski definition) is 7. The first-order valence-corrected chi connectivity index (χ1v) is 9.39. The summed E-state index contributed by atoms with van der Waals surface area (Å²) in [5, 5.41) is 3.11. The van der Waals surface area contributed by atoms with E-state index in [9.17, 15) is 14.4 Å². The number of nitrogens with one attached hydrogen (secondary N) is 1. The number of fused-ring (bicyclic) bond motifs is 2. The lowest BCUT2D eigenvalue weighted by molar-refractivity contribution is 0.0633. The molecule has 27 heavy (non-hydrogen) atoms. The van der Waals surface area contributed by atoms with Gasteiger partial charge in [0, 0.05) is 37.5 Å². The van der Waals surface area contributed by atoms with Crippen molar-refractivity contribution in [1.29, 1.82) is 0 Å². The van der Waals surface area contributed by atoms with Crippen molar-refractivity contribution in [3.63, 3.8) is 0 Å². The number of benzene rings is 1. The predicted octanol–water partition coefficient (Wildman–Crippen LogP) is 1.98. The van der Waals surface area contributed by atoms with Gasteiger partial charge in [-0.1, -0.05) is 23.5 Å². The molecule has 0 radical (unpaired) electrons. The Balaban J connectivity index is 1.38. The van der Waals surface area contributed by atoms with Crippen molar-refractivity contribution < 1.29 is 19.1 Å². The first kappa shape index (κ1) is 17.6. The Bertz CT molecular complexity index is 891. The predicted molar refractivity (Wildman–Crippen MR) is 98.9 cm³/mol. The second-order valence-electron chi connectivity index (χ2n) is 6.34. The van der Waals surface area contributed by atoms with Crippen LogP contribution < -0.4 is 5.32 Å². The van der Waals surface area contributed by atoms with Gasteiger partial charge in [-0.15, -0.1) is 0 Å². The minimum absolute atomic E-state index is 0.226. The number of anilines is 1. The highest BCUT2D eigenvalue weighted by atomic mass is 32.1. The highest BCUT2D eigenvalue weighted by Gasteiger charge is 2.35. The summed E-state index contributed by atoms with van der Waals surface area (Å²) in [7, 11) is 1.31. The quantitative estimate of drug-likeness (QED) is 0.808. The van der Waals surface area contributed by atoms with Crippen LogP contribution in [0.25, 0.3) is 0 Å².